The van der Waals surface area contributed by atoms with Crippen LogP contribution in [-0.4, -0.2) is 77.9 Å². The number of rotatable bonds is 11. The number of amides is 4. The number of anilines is 4. The molecule has 36 heavy (non-hydrogen) atoms. The van der Waals surface area contributed by atoms with Crippen molar-refractivity contribution >= 4 is 56.9 Å². The van der Waals surface area contributed by atoms with E-state index in [1.165, 1.54) is 4.90 Å². The SMILES string of the molecule is CN(C)C(=O)CCC(=O)NCCCNc1nc(Nc2cccc(NC(=O)N3CCCC3)c2)ncc1Br. The largest absolute Gasteiger partial charge is 0.369 e. The highest BCUT2D eigenvalue weighted by Crippen LogP contribution is 2.23. The monoisotopic (exact) mass is 560 g/mol. The molecule has 1 aromatic heterocycles. The molecule has 2 aromatic rings. The molecule has 4 N–H and O–H groups in total. The number of hydrogen-bond donors (Lipinski definition) is 4. The van der Waals surface area contributed by atoms with Gasteiger partial charge in [0.15, 0.2) is 0 Å². The number of hydrogen-bond acceptors (Lipinski definition) is 7. The van der Waals surface area contributed by atoms with Gasteiger partial charge in [-0.25, -0.2) is 9.78 Å². The van der Waals surface area contributed by atoms with E-state index in [0.717, 1.165) is 31.6 Å². The lowest BCUT2D eigenvalue weighted by Crippen LogP contribution is -2.32. The van der Waals surface area contributed by atoms with Gasteiger partial charge in [-0.3, -0.25) is 9.59 Å². The van der Waals surface area contributed by atoms with Gasteiger partial charge in [-0.15, -0.1) is 0 Å². The molecule has 2 heterocycles. The molecule has 194 valence electrons. The maximum Gasteiger partial charge on any atom is 0.321 e. The number of nitrogens with zero attached hydrogens (tertiary/aromatic N) is 4. The van der Waals surface area contributed by atoms with Gasteiger partial charge in [-0.05, 0) is 53.4 Å². The van der Waals surface area contributed by atoms with E-state index in [0.29, 0.717) is 41.4 Å². The molecule has 0 radical (unpaired) electrons. The van der Waals surface area contributed by atoms with Gasteiger partial charge in [0.05, 0.1) is 4.47 Å². The molecule has 1 saturated heterocycles. The lowest BCUT2D eigenvalue weighted by Gasteiger charge is -2.16. The standard InChI is InChI=1S/C24H33BrN8O3/c1-32(2)21(35)10-9-20(34)26-11-6-12-27-22-19(25)16-28-23(31-22)29-17-7-5-8-18(15-17)30-24(36)33-13-3-4-14-33/h5,7-8,15-16H,3-4,6,9-14H2,1-2H3,(H,26,34)(H,30,36)(H2,27,28,29,31). The van der Waals surface area contributed by atoms with Gasteiger partial charge >= 0.3 is 6.03 Å². The summed E-state index contributed by atoms with van der Waals surface area (Å²) >= 11 is 3.45. The summed E-state index contributed by atoms with van der Waals surface area (Å²) in [4.78, 5) is 47.9. The average Bonchev–Trinajstić information content (AvgIpc) is 3.39. The Kier molecular flexibility index (Phi) is 10.3. The molecule has 12 heteroatoms. The van der Waals surface area contributed by atoms with Crippen LogP contribution in [0.3, 0.4) is 0 Å². The summed E-state index contributed by atoms with van der Waals surface area (Å²) in [6.45, 7) is 2.66. The van der Waals surface area contributed by atoms with Crippen molar-refractivity contribution in [2.75, 3.05) is 56.2 Å². The average molecular weight is 561 g/mol. The molecular formula is C24H33BrN8O3. The maximum atomic E-state index is 12.4. The van der Waals surface area contributed by atoms with Crippen molar-refractivity contribution in [1.82, 2.24) is 25.1 Å². The highest BCUT2D eigenvalue weighted by molar-refractivity contribution is 9.10. The van der Waals surface area contributed by atoms with Crippen LogP contribution in [0, 0.1) is 0 Å². The molecule has 0 unspecified atom stereocenters. The Morgan fingerprint density at radius 3 is 2.58 bits per heavy atom. The number of benzene rings is 1. The third-order valence-electron chi connectivity index (χ3n) is 5.54. The normalized spacial score (nSPS) is 12.7. The van der Waals surface area contributed by atoms with Crippen LogP contribution in [0.25, 0.3) is 0 Å². The van der Waals surface area contributed by atoms with E-state index in [1.807, 2.05) is 29.2 Å². The number of urea groups is 1. The maximum absolute atomic E-state index is 12.4. The fourth-order valence-corrected chi connectivity index (χ4v) is 3.86. The molecule has 1 aliphatic heterocycles. The third-order valence-corrected chi connectivity index (χ3v) is 6.12. The topological polar surface area (TPSA) is 132 Å². The number of halogens is 1. The van der Waals surface area contributed by atoms with Crippen molar-refractivity contribution in [2.45, 2.75) is 32.1 Å². The Bertz CT molecular complexity index is 1060. The predicted molar refractivity (Wildman–Crippen MR) is 143 cm³/mol. The smallest absolute Gasteiger partial charge is 0.321 e. The van der Waals surface area contributed by atoms with Crippen LogP contribution in [0.15, 0.2) is 34.9 Å². The van der Waals surface area contributed by atoms with Gasteiger partial charge in [0.25, 0.3) is 0 Å². The van der Waals surface area contributed by atoms with Crippen molar-refractivity contribution in [3.63, 3.8) is 0 Å². The molecular weight excluding hydrogens is 528 g/mol. The quantitative estimate of drug-likeness (QED) is 0.309. The lowest BCUT2D eigenvalue weighted by molar-refractivity contribution is -0.131. The fraction of sp³-hybridized carbons (Fsp3) is 0.458. The number of carbonyl (C=O) groups excluding carboxylic acids is 3. The number of carbonyl (C=O) groups is 3. The molecule has 0 saturated carbocycles. The highest BCUT2D eigenvalue weighted by atomic mass is 79.9. The Morgan fingerprint density at radius 2 is 1.83 bits per heavy atom. The molecule has 1 aromatic carbocycles. The van der Waals surface area contributed by atoms with Crippen LogP contribution in [-0.2, 0) is 9.59 Å². The first-order valence-electron chi connectivity index (χ1n) is 12.0. The summed E-state index contributed by atoms with van der Waals surface area (Å²) < 4.78 is 0.714. The summed E-state index contributed by atoms with van der Waals surface area (Å²) in [6.07, 6.45) is 4.81. The zero-order chi connectivity index (χ0) is 25.9. The minimum absolute atomic E-state index is 0.0663. The second kappa shape index (κ2) is 13.6. The molecule has 0 aliphatic carbocycles. The van der Waals surface area contributed by atoms with Crippen LogP contribution in [0.4, 0.5) is 27.9 Å². The molecule has 0 spiro atoms. The van der Waals surface area contributed by atoms with Gasteiger partial charge in [-0.2, -0.15) is 4.98 Å². The zero-order valence-electron chi connectivity index (χ0n) is 20.6. The zero-order valence-corrected chi connectivity index (χ0v) is 22.2. The predicted octanol–water partition coefficient (Wildman–Crippen LogP) is 3.40. The summed E-state index contributed by atoms with van der Waals surface area (Å²) in [6, 6.07) is 7.31. The fourth-order valence-electron chi connectivity index (χ4n) is 3.53. The number of aromatic nitrogens is 2. The summed E-state index contributed by atoms with van der Waals surface area (Å²) in [5.41, 5.74) is 1.44. The van der Waals surface area contributed by atoms with Gasteiger partial charge < -0.3 is 31.1 Å². The molecule has 0 bridgehead atoms. The Morgan fingerprint density at radius 1 is 1.08 bits per heavy atom. The van der Waals surface area contributed by atoms with Crippen molar-refractivity contribution in [2.24, 2.45) is 0 Å². The van der Waals surface area contributed by atoms with E-state index < -0.39 is 0 Å². The van der Waals surface area contributed by atoms with Crippen molar-refractivity contribution in [3.8, 4) is 0 Å². The van der Waals surface area contributed by atoms with Crippen LogP contribution < -0.4 is 21.3 Å². The molecule has 4 amide bonds. The van der Waals surface area contributed by atoms with Crippen LogP contribution in [0.2, 0.25) is 0 Å². The van der Waals surface area contributed by atoms with Gasteiger partial charge in [0, 0.05) is 70.7 Å². The summed E-state index contributed by atoms with van der Waals surface area (Å²) in [5, 5.41) is 12.2. The lowest BCUT2D eigenvalue weighted by atomic mass is 10.2. The first-order chi connectivity index (χ1) is 17.3. The molecule has 11 nitrogen and oxygen atoms in total. The van der Waals surface area contributed by atoms with Crippen LogP contribution in [0.1, 0.15) is 32.1 Å². The van der Waals surface area contributed by atoms with Crippen molar-refractivity contribution in [1.29, 1.82) is 0 Å². The van der Waals surface area contributed by atoms with E-state index in [9.17, 15) is 14.4 Å². The van der Waals surface area contributed by atoms with E-state index >= 15 is 0 Å². The first kappa shape index (κ1) is 27.2. The minimum Gasteiger partial charge on any atom is -0.369 e. The second-order valence-electron chi connectivity index (χ2n) is 8.64. The van der Waals surface area contributed by atoms with E-state index in [2.05, 4.69) is 47.2 Å². The van der Waals surface area contributed by atoms with Gasteiger partial charge in [0.1, 0.15) is 5.82 Å². The van der Waals surface area contributed by atoms with Crippen LogP contribution in [0.5, 0.6) is 0 Å². The van der Waals surface area contributed by atoms with Crippen molar-refractivity contribution < 1.29 is 14.4 Å². The Balaban J connectivity index is 1.45. The van der Waals surface area contributed by atoms with E-state index in [4.69, 9.17) is 0 Å². The highest BCUT2D eigenvalue weighted by Gasteiger charge is 2.17. The van der Waals surface area contributed by atoms with E-state index in [1.54, 1.807) is 20.3 Å². The van der Waals surface area contributed by atoms with Crippen molar-refractivity contribution in [3.05, 3.63) is 34.9 Å². The molecule has 1 fully saturated rings. The molecule has 3 rings (SSSR count). The minimum atomic E-state index is -0.140. The number of likely N-dealkylation sites (tertiary alicyclic amines) is 1. The molecule has 1 aliphatic rings. The first-order valence-corrected chi connectivity index (χ1v) is 12.8. The van der Waals surface area contributed by atoms with Crippen LogP contribution >= 0.6 is 15.9 Å². The molecule has 0 atom stereocenters. The second-order valence-corrected chi connectivity index (χ2v) is 9.49. The Hall–Kier alpha value is -3.41. The third kappa shape index (κ3) is 8.67. The van der Waals surface area contributed by atoms with Gasteiger partial charge in [0.2, 0.25) is 17.8 Å². The Labute approximate surface area is 219 Å². The summed E-state index contributed by atoms with van der Waals surface area (Å²) in [7, 11) is 3.34. The van der Waals surface area contributed by atoms with E-state index in [-0.39, 0.29) is 30.7 Å². The summed E-state index contributed by atoms with van der Waals surface area (Å²) in [5.74, 6) is 0.818. The van der Waals surface area contributed by atoms with Gasteiger partial charge in [-0.1, -0.05) is 6.07 Å². The number of nitrogens with one attached hydrogen (secondary N) is 4.